The standard InChI is InChI=1S/C9H6F2N2S2/c10-14-7-3-6(4-8(5-7)15-11)9-1-2-12-13-9/h1-5H,(H,12,13). The monoisotopic (exact) mass is 244 g/mol. The number of nitrogens with zero attached hydrogens (tertiary/aromatic N) is 1. The fourth-order valence-corrected chi connectivity index (χ4v) is 1.99. The zero-order chi connectivity index (χ0) is 10.7. The Bertz CT molecular complexity index is 423. The fraction of sp³-hybridized carbons (Fsp3) is 0. The maximum absolute atomic E-state index is 12.4. The van der Waals surface area contributed by atoms with Crippen LogP contribution in [0.2, 0.25) is 0 Å². The van der Waals surface area contributed by atoms with Gasteiger partial charge in [-0.1, -0.05) is 0 Å². The SMILES string of the molecule is FSc1cc(SF)cc(-c2ccn[nH]2)c1. The zero-order valence-electron chi connectivity index (χ0n) is 7.41. The molecule has 1 N–H and O–H groups in total. The summed E-state index contributed by atoms with van der Waals surface area (Å²) in [5.41, 5.74) is 1.46. The second kappa shape index (κ2) is 4.67. The molecule has 1 heterocycles. The molecule has 2 nitrogen and oxygen atoms in total. The van der Waals surface area contributed by atoms with E-state index < -0.39 is 0 Å². The van der Waals surface area contributed by atoms with E-state index in [1.807, 2.05) is 0 Å². The summed E-state index contributed by atoms with van der Waals surface area (Å²) >= 11 is 0.191. The third-order valence-electron chi connectivity index (χ3n) is 1.87. The van der Waals surface area contributed by atoms with Crippen molar-refractivity contribution >= 4 is 24.3 Å². The summed E-state index contributed by atoms with van der Waals surface area (Å²) in [4.78, 5) is 0.754. The molecule has 15 heavy (non-hydrogen) atoms. The molecule has 0 radical (unpaired) electrons. The molecule has 1 aromatic heterocycles. The van der Waals surface area contributed by atoms with Gasteiger partial charge >= 0.3 is 0 Å². The molecule has 0 aliphatic carbocycles. The van der Waals surface area contributed by atoms with Crippen LogP contribution >= 0.6 is 24.3 Å². The van der Waals surface area contributed by atoms with Crippen molar-refractivity contribution in [3.63, 3.8) is 0 Å². The number of halogens is 2. The maximum atomic E-state index is 12.4. The van der Waals surface area contributed by atoms with Crippen molar-refractivity contribution in [1.29, 1.82) is 0 Å². The summed E-state index contributed by atoms with van der Waals surface area (Å²) in [5, 5.41) is 6.53. The number of aromatic amines is 1. The smallest absolute Gasteiger partial charge is 0.0812 e. The average Bonchev–Trinajstić information content (AvgIpc) is 2.81. The van der Waals surface area contributed by atoms with E-state index in [-0.39, 0.29) is 24.3 Å². The first kappa shape index (κ1) is 10.5. The topological polar surface area (TPSA) is 28.7 Å². The normalized spacial score (nSPS) is 10.5. The van der Waals surface area contributed by atoms with Gasteiger partial charge in [0.1, 0.15) is 0 Å². The number of benzene rings is 1. The number of hydrogen-bond donors (Lipinski definition) is 1. The molecule has 0 aliphatic heterocycles. The molecule has 0 saturated heterocycles. The molecule has 0 atom stereocenters. The van der Waals surface area contributed by atoms with Gasteiger partial charge in [0.25, 0.3) is 0 Å². The minimum atomic E-state index is 0.0955. The fourth-order valence-electron chi connectivity index (χ4n) is 1.23. The summed E-state index contributed by atoms with van der Waals surface area (Å²) in [6.45, 7) is 0. The number of aromatic nitrogens is 2. The Morgan fingerprint density at radius 3 is 2.20 bits per heavy atom. The van der Waals surface area contributed by atoms with E-state index in [0.29, 0.717) is 9.79 Å². The number of hydrogen-bond acceptors (Lipinski definition) is 3. The highest BCUT2D eigenvalue weighted by Gasteiger charge is 2.05. The van der Waals surface area contributed by atoms with Gasteiger partial charge in [-0.2, -0.15) is 12.9 Å². The average molecular weight is 244 g/mol. The Balaban J connectivity index is 2.47. The van der Waals surface area contributed by atoms with Gasteiger partial charge in [0, 0.05) is 21.6 Å². The van der Waals surface area contributed by atoms with Crippen molar-refractivity contribution in [2.24, 2.45) is 0 Å². The lowest BCUT2D eigenvalue weighted by atomic mass is 10.1. The molecule has 0 fully saturated rings. The zero-order valence-corrected chi connectivity index (χ0v) is 9.04. The highest BCUT2D eigenvalue weighted by molar-refractivity contribution is 7.95. The van der Waals surface area contributed by atoms with Gasteiger partial charge in [0.15, 0.2) is 0 Å². The van der Waals surface area contributed by atoms with Crippen molar-refractivity contribution in [2.45, 2.75) is 9.79 Å². The van der Waals surface area contributed by atoms with E-state index >= 15 is 0 Å². The lowest BCUT2D eigenvalue weighted by Gasteiger charge is -2.02. The molecule has 6 heteroatoms. The van der Waals surface area contributed by atoms with E-state index in [4.69, 9.17) is 0 Å². The minimum absolute atomic E-state index is 0.0955. The van der Waals surface area contributed by atoms with Gasteiger partial charge in [-0.05, 0) is 24.3 Å². The van der Waals surface area contributed by atoms with Crippen molar-refractivity contribution in [1.82, 2.24) is 10.2 Å². The molecular formula is C9H6F2N2S2. The second-order valence-corrected chi connectivity index (χ2v) is 4.07. The van der Waals surface area contributed by atoms with Crippen LogP contribution in [0.25, 0.3) is 11.3 Å². The third-order valence-corrected chi connectivity index (χ3v) is 2.70. The van der Waals surface area contributed by atoms with E-state index in [2.05, 4.69) is 10.2 Å². The van der Waals surface area contributed by atoms with Crippen molar-refractivity contribution < 1.29 is 7.77 Å². The molecule has 0 saturated carbocycles. The van der Waals surface area contributed by atoms with Crippen LogP contribution in [0.5, 0.6) is 0 Å². The Kier molecular flexibility index (Phi) is 3.27. The van der Waals surface area contributed by atoms with Crippen LogP contribution in [0, 0.1) is 0 Å². The lowest BCUT2D eigenvalue weighted by molar-refractivity contribution is 0.926. The van der Waals surface area contributed by atoms with Crippen molar-refractivity contribution in [3.8, 4) is 11.3 Å². The summed E-state index contributed by atoms with van der Waals surface area (Å²) in [5.74, 6) is 0. The maximum Gasteiger partial charge on any atom is 0.0812 e. The molecule has 0 spiro atoms. The number of nitrogens with one attached hydrogen (secondary N) is 1. The van der Waals surface area contributed by atoms with Gasteiger partial charge in [-0.3, -0.25) is 5.10 Å². The van der Waals surface area contributed by atoms with Crippen LogP contribution < -0.4 is 0 Å². The first-order valence-corrected chi connectivity index (χ1v) is 5.49. The van der Waals surface area contributed by atoms with Crippen LogP contribution in [0.15, 0.2) is 40.3 Å². The minimum Gasteiger partial charge on any atom is -0.278 e. The molecule has 0 amide bonds. The molecular weight excluding hydrogens is 238 g/mol. The van der Waals surface area contributed by atoms with Crippen LogP contribution in [-0.4, -0.2) is 10.2 Å². The van der Waals surface area contributed by atoms with Gasteiger partial charge in [-0.25, -0.2) is 0 Å². The Morgan fingerprint density at radius 1 is 1.07 bits per heavy atom. The highest BCUT2D eigenvalue weighted by Crippen LogP contribution is 2.31. The van der Waals surface area contributed by atoms with Gasteiger partial charge in [-0.15, -0.1) is 0 Å². The summed E-state index contributed by atoms with van der Waals surface area (Å²) in [6, 6.07) is 6.47. The van der Waals surface area contributed by atoms with E-state index in [1.165, 1.54) is 6.07 Å². The molecule has 0 aliphatic rings. The van der Waals surface area contributed by atoms with Crippen molar-refractivity contribution in [2.75, 3.05) is 0 Å². The quantitative estimate of drug-likeness (QED) is 0.883. The molecule has 2 rings (SSSR count). The van der Waals surface area contributed by atoms with Gasteiger partial charge in [0.2, 0.25) is 0 Å². The Labute approximate surface area is 94.1 Å². The van der Waals surface area contributed by atoms with Crippen LogP contribution in [0.1, 0.15) is 0 Å². The largest absolute Gasteiger partial charge is 0.278 e. The second-order valence-electron chi connectivity index (χ2n) is 2.82. The predicted molar refractivity (Wildman–Crippen MR) is 58.0 cm³/mol. The summed E-state index contributed by atoms with van der Waals surface area (Å²) < 4.78 is 24.8. The predicted octanol–water partition coefficient (Wildman–Crippen LogP) is 4.03. The van der Waals surface area contributed by atoms with Gasteiger partial charge < -0.3 is 0 Å². The van der Waals surface area contributed by atoms with E-state index in [1.54, 1.807) is 24.4 Å². The Morgan fingerprint density at radius 2 is 1.73 bits per heavy atom. The molecule has 0 unspecified atom stereocenters. The molecule has 2 aromatic rings. The molecule has 1 aromatic carbocycles. The first-order chi connectivity index (χ1) is 7.33. The Hall–Kier alpha value is -1.01. The van der Waals surface area contributed by atoms with Crippen LogP contribution in [-0.2, 0) is 0 Å². The third kappa shape index (κ3) is 2.32. The number of H-pyrrole nitrogens is 1. The highest BCUT2D eigenvalue weighted by atomic mass is 32.2. The van der Waals surface area contributed by atoms with E-state index in [9.17, 15) is 7.77 Å². The van der Waals surface area contributed by atoms with Gasteiger partial charge in [0.05, 0.1) is 30.0 Å². The summed E-state index contributed by atoms with van der Waals surface area (Å²) in [6.07, 6.45) is 1.59. The van der Waals surface area contributed by atoms with E-state index in [0.717, 1.165) is 11.3 Å². The van der Waals surface area contributed by atoms with Crippen LogP contribution in [0.3, 0.4) is 0 Å². The molecule has 78 valence electrons. The van der Waals surface area contributed by atoms with Crippen molar-refractivity contribution in [3.05, 3.63) is 30.5 Å². The lowest BCUT2D eigenvalue weighted by Crippen LogP contribution is -1.80. The van der Waals surface area contributed by atoms with Crippen LogP contribution in [0.4, 0.5) is 7.77 Å². The molecule has 0 bridgehead atoms. The number of rotatable bonds is 3. The summed E-state index contributed by atoms with van der Waals surface area (Å²) in [7, 11) is 0. The first-order valence-electron chi connectivity index (χ1n) is 4.05.